The quantitative estimate of drug-likeness (QED) is 0.152. The van der Waals surface area contributed by atoms with Crippen LogP contribution in [0.1, 0.15) is 43.3 Å². The Bertz CT molecular complexity index is 1160. The molecule has 0 aliphatic heterocycles. The summed E-state index contributed by atoms with van der Waals surface area (Å²) in [6.45, 7) is 0.729. The van der Waals surface area contributed by atoms with Crippen LogP contribution in [0.5, 0.6) is 0 Å². The average molecular weight is 581 g/mol. The normalized spacial score (nSPS) is 12.6. The van der Waals surface area contributed by atoms with Gasteiger partial charge in [0, 0.05) is 6.42 Å². The van der Waals surface area contributed by atoms with Crippen LogP contribution in [0.25, 0.3) is 5.57 Å². The molecule has 1 aromatic carbocycles. The standard InChI is InChI=1S/C21H14Cl3F6NO3S/c1-9-4-16(35-18(9)19(34)31-8-11(32)2-3-20(25,26)27)15(33)7-12(21(28,29)30)10-5-13(22)17(24)14(23)6-10/h4-7H,2-3,8H2,1H3,(H,31,34). The number of Topliss-reactive ketones (excluding diaryl/α,β-unsaturated/α-hetero) is 1. The molecule has 14 heteroatoms. The minimum absolute atomic E-state index is 0.0866. The zero-order chi connectivity index (χ0) is 26.7. The van der Waals surface area contributed by atoms with Crippen molar-refractivity contribution in [3.63, 3.8) is 0 Å². The summed E-state index contributed by atoms with van der Waals surface area (Å²) in [7, 11) is 0. The maximum Gasteiger partial charge on any atom is 0.417 e. The van der Waals surface area contributed by atoms with Gasteiger partial charge in [0.05, 0.1) is 43.4 Å². The average Bonchev–Trinajstić information content (AvgIpc) is 3.12. The van der Waals surface area contributed by atoms with E-state index >= 15 is 0 Å². The molecule has 0 bridgehead atoms. The lowest BCUT2D eigenvalue weighted by molar-refractivity contribution is -0.142. The second kappa shape index (κ2) is 11.3. The molecule has 0 radical (unpaired) electrons. The van der Waals surface area contributed by atoms with Gasteiger partial charge in [-0.05, 0) is 42.3 Å². The lowest BCUT2D eigenvalue weighted by Gasteiger charge is -2.13. The summed E-state index contributed by atoms with van der Waals surface area (Å²) >= 11 is 17.9. The van der Waals surface area contributed by atoms with Crippen LogP contribution < -0.4 is 5.32 Å². The van der Waals surface area contributed by atoms with E-state index in [1.54, 1.807) is 0 Å². The van der Waals surface area contributed by atoms with Crippen LogP contribution in [-0.2, 0) is 4.79 Å². The predicted octanol–water partition coefficient (Wildman–Crippen LogP) is 7.49. The van der Waals surface area contributed by atoms with E-state index in [0.29, 0.717) is 17.4 Å². The molecule has 2 aromatic rings. The van der Waals surface area contributed by atoms with E-state index in [1.165, 1.54) is 13.0 Å². The first-order valence-corrected chi connectivity index (χ1v) is 11.4. The van der Waals surface area contributed by atoms with Gasteiger partial charge in [-0.2, -0.15) is 26.3 Å². The third-order valence-corrected chi connectivity index (χ3v) is 6.82. The number of hydrogen-bond donors (Lipinski definition) is 1. The molecule has 1 aromatic heterocycles. The number of allylic oxidation sites excluding steroid dienone is 2. The summed E-state index contributed by atoms with van der Waals surface area (Å²) in [6.07, 6.45) is -11.3. The van der Waals surface area contributed by atoms with Crippen molar-refractivity contribution in [1.29, 1.82) is 0 Å². The van der Waals surface area contributed by atoms with Gasteiger partial charge in [-0.25, -0.2) is 0 Å². The fourth-order valence-electron chi connectivity index (χ4n) is 2.70. The SMILES string of the molecule is Cc1cc(C(=O)C=C(c2cc(Cl)c(Cl)c(Cl)c2)C(F)(F)F)sc1C(=O)NCC(=O)CCC(F)(F)F. The molecule has 1 amide bonds. The molecule has 1 N–H and O–H groups in total. The van der Waals surface area contributed by atoms with Crippen LogP contribution >= 0.6 is 46.1 Å². The largest absolute Gasteiger partial charge is 0.417 e. The highest BCUT2D eigenvalue weighted by atomic mass is 35.5. The second-order valence-electron chi connectivity index (χ2n) is 7.13. The third kappa shape index (κ3) is 8.23. The molecule has 0 fully saturated rings. The molecule has 0 aliphatic carbocycles. The molecule has 1 heterocycles. The van der Waals surface area contributed by atoms with Crippen molar-refractivity contribution in [3.8, 4) is 0 Å². The highest BCUT2D eigenvalue weighted by Gasteiger charge is 2.36. The molecule has 2 rings (SSSR count). The van der Waals surface area contributed by atoms with Crippen LogP contribution in [0.15, 0.2) is 24.3 Å². The van der Waals surface area contributed by atoms with Gasteiger partial charge in [0.15, 0.2) is 11.6 Å². The third-order valence-electron chi connectivity index (χ3n) is 4.38. The summed E-state index contributed by atoms with van der Waals surface area (Å²) in [5.41, 5.74) is -1.64. The van der Waals surface area contributed by atoms with Gasteiger partial charge in [0.25, 0.3) is 5.91 Å². The van der Waals surface area contributed by atoms with Gasteiger partial charge in [0.1, 0.15) is 0 Å². The Hall–Kier alpha value is -2.08. The number of halogens is 9. The fraction of sp³-hybridized carbons (Fsp3) is 0.286. The maximum absolute atomic E-state index is 13.7. The van der Waals surface area contributed by atoms with Gasteiger partial charge in [-0.15, -0.1) is 11.3 Å². The number of ketones is 2. The van der Waals surface area contributed by atoms with Gasteiger partial charge in [-0.3, -0.25) is 14.4 Å². The smallest absolute Gasteiger partial charge is 0.344 e. The number of rotatable bonds is 8. The first-order valence-electron chi connectivity index (χ1n) is 9.45. The summed E-state index contributed by atoms with van der Waals surface area (Å²) in [5.74, 6) is -2.80. The molecular formula is C21H14Cl3F6NO3S. The minimum atomic E-state index is -4.97. The number of carbonyl (C=O) groups is 3. The van der Waals surface area contributed by atoms with Crippen LogP contribution in [-0.4, -0.2) is 36.4 Å². The molecular weight excluding hydrogens is 567 g/mol. The molecule has 0 saturated heterocycles. The summed E-state index contributed by atoms with van der Waals surface area (Å²) in [4.78, 5) is 36.1. The first kappa shape index (κ1) is 29.2. The van der Waals surface area contributed by atoms with E-state index in [4.69, 9.17) is 34.8 Å². The number of aryl methyl sites for hydroxylation is 1. The molecule has 0 aliphatic rings. The van der Waals surface area contributed by atoms with E-state index in [9.17, 15) is 40.7 Å². The lowest BCUT2D eigenvalue weighted by Crippen LogP contribution is -2.29. The van der Waals surface area contributed by atoms with E-state index in [-0.39, 0.29) is 30.4 Å². The Kier molecular flexibility index (Phi) is 9.43. The Morgan fingerprint density at radius 2 is 1.57 bits per heavy atom. The van der Waals surface area contributed by atoms with Gasteiger partial charge < -0.3 is 5.32 Å². The van der Waals surface area contributed by atoms with Crippen LogP contribution in [0, 0.1) is 6.92 Å². The minimum Gasteiger partial charge on any atom is -0.344 e. The van der Waals surface area contributed by atoms with Crippen LogP contribution in [0.4, 0.5) is 26.3 Å². The topological polar surface area (TPSA) is 63.2 Å². The fourth-order valence-corrected chi connectivity index (χ4v) is 4.30. The van der Waals surface area contributed by atoms with Gasteiger partial charge in [0.2, 0.25) is 0 Å². The molecule has 0 atom stereocenters. The van der Waals surface area contributed by atoms with Gasteiger partial charge >= 0.3 is 12.4 Å². The number of hydrogen-bond acceptors (Lipinski definition) is 4. The van der Waals surface area contributed by atoms with Crippen LogP contribution in [0.2, 0.25) is 15.1 Å². The van der Waals surface area contributed by atoms with Crippen molar-refractivity contribution in [3.05, 3.63) is 60.2 Å². The monoisotopic (exact) mass is 579 g/mol. The Morgan fingerprint density at radius 3 is 2.09 bits per heavy atom. The van der Waals surface area contributed by atoms with Crippen molar-refractivity contribution in [2.45, 2.75) is 32.1 Å². The zero-order valence-corrected chi connectivity index (χ0v) is 20.5. The Balaban J connectivity index is 2.25. The van der Waals surface area contributed by atoms with Crippen LogP contribution in [0.3, 0.4) is 0 Å². The molecule has 35 heavy (non-hydrogen) atoms. The van der Waals surface area contributed by atoms with Crippen molar-refractivity contribution in [2.75, 3.05) is 6.54 Å². The lowest BCUT2D eigenvalue weighted by atomic mass is 10.0. The van der Waals surface area contributed by atoms with Crippen molar-refractivity contribution in [1.82, 2.24) is 5.32 Å². The van der Waals surface area contributed by atoms with Crippen molar-refractivity contribution < 1.29 is 40.7 Å². The van der Waals surface area contributed by atoms with Crippen molar-refractivity contribution in [2.24, 2.45) is 0 Å². The number of benzene rings is 1. The first-order chi connectivity index (χ1) is 16.0. The summed E-state index contributed by atoms with van der Waals surface area (Å²) in [6, 6.07) is 2.98. The van der Waals surface area contributed by atoms with Crippen molar-refractivity contribution >= 4 is 69.2 Å². The van der Waals surface area contributed by atoms with E-state index in [2.05, 4.69) is 5.32 Å². The van der Waals surface area contributed by atoms with Gasteiger partial charge in [-0.1, -0.05) is 34.8 Å². The highest BCUT2D eigenvalue weighted by molar-refractivity contribution is 7.16. The zero-order valence-electron chi connectivity index (χ0n) is 17.5. The molecule has 0 saturated carbocycles. The Morgan fingerprint density at radius 1 is 1.00 bits per heavy atom. The molecule has 4 nitrogen and oxygen atoms in total. The summed E-state index contributed by atoms with van der Waals surface area (Å²) in [5, 5.41) is 1.47. The molecule has 190 valence electrons. The molecule has 0 spiro atoms. The predicted molar refractivity (Wildman–Crippen MR) is 122 cm³/mol. The maximum atomic E-state index is 13.7. The summed E-state index contributed by atoms with van der Waals surface area (Å²) < 4.78 is 77.5. The number of carbonyl (C=O) groups excluding carboxylic acids is 3. The highest BCUT2D eigenvalue weighted by Crippen LogP contribution is 2.40. The van der Waals surface area contributed by atoms with E-state index < -0.39 is 60.3 Å². The van der Waals surface area contributed by atoms with E-state index in [1.807, 2.05) is 0 Å². The van der Waals surface area contributed by atoms with E-state index in [0.717, 1.165) is 12.1 Å². The molecule has 0 unspecified atom stereocenters. The number of nitrogens with one attached hydrogen (secondary N) is 1. The number of thiophene rings is 1. The second-order valence-corrected chi connectivity index (χ2v) is 9.38. The number of amides is 1. The Labute approximate surface area is 213 Å². The number of alkyl halides is 6.